The van der Waals surface area contributed by atoms with E-state index in [2.05, 4.69) is 5.10 Å². The molecule has 2 aliphatic rings. The van der Waals surface area contributed by atoms with Gasteiger partial charge in [-0.05, 0) is 48.9 Å². The smallest absolute Gasteiger partial charge is 0.270 e. The number of halogens is 1. The van der Waals surface area contributed by atoms with E-state index >= 15 is 0 Å². The lowest BCUT2D eigenvalue weighted by atomic mass is 10.1. The van der Waals surface area contributed by atoms with Crippen LogP contribution in [0.15, 0.2) is 52.5 Å². The summed E-state index contributed by atoms with van der Waals surface area (Å²) in [5, 5.41) is 15.6. The van der Waals surface area contributed by atoms with Gasteiger partial charge in [-0.1, -0.05) is 6.07 Å². The monoisotopic (exact) mass is 489 g/mol. The number of aryl methyl sites for hydroxylation is 1. The predicted molar refractivity (Wildman–Crippen MR) is 122 cm³/mol. The fourth-order valence-electron chi connectivity index (χ4n) is 3.97. The molecular weight excluding hydrogens is 465 g/mol. The summed E-state index contributed by atoms with van der Waals surface area (Å²) < 4.78 is 40.5. The molecule has 0 aliphatic carbocycles. The van der Waals surface area contributed by atoms with E-state index in [1.54, 1.807) is 13.0 Å². The molecular formula is C22H24FN5O5S. The minimum absolute atomic E-state index is 0.0127. The molecule has 4 rings (SSSR count). The van der Waals surface area contributed by atoms with Gasteiger partial charge in [0.1, 0.15) is 28.2 Å². The number of primary amides is 1. The van der Waals surface area contributed by atoms with Crippen molar-refractivity contribution in [1.82, 2.24) is 9.21 Å². The van der Waals surface area contributed by atoms with Crippen molar-refractivity contribution < 1.29 is 27.5 Å². The molecule has 0 radical (unpaired) electrons. The second-order valence-corrected chi connectivity index (χ2v) is 10.1. The lowest BCUT2D eigenvalue weighted by Gasteiger charge is -2.34. The number of amides is 2. The maximum absolute atomic E-state index is 13.3. The van der Waals surface area contributed by atoms with Gasteiger partial charge < -0.3 is 15.7 Å². The number of rotatable bonds is 5. The molecule has 0 bridgehead atoms. The first kappa shape index (κ1) is 23.6. The molecule has 2 aliphatic heterocycles. The molecule has 1 atom stereocenters. The molecule has 1 saturated heterocycles. The Balaban J connectivity index is 1.48. The van der Waals surface area contributed by atoms with Crippen LogP contribution in [0, 0.1) is 12.7 Å². The molecule has 2 heterocycles. The topological polar surface area (TPSA) is 137 Å². The molecule has 1 fully saturated rings. The Bertz CT molecular complexity index is 1260. The van der Waals surface area contributed by atoms with Crippen LogP contribution in [-0.2, 0) is 19.6 Å². The van der Waals surface area contributed by atoms with Crippen molar-refractivity contribution in [1.29, 1.82) is 0 Å². The van der Waals surface area contributed by atoms with Crippen LogP contribution in [-0.4, -0.2) is 72.5 Å². The van der Waals surface area contributed by atoms with Crippen molar-refractivity contribution in [3.63, 3.8) is 0 Å². The van der Waals surface area contributed by atoms with E-state index in [1.165, 1.54) is 50.6 Å². The Morgan fingerprint density at radius 3 is 2.35 bits per heavy atom. The quantitative estimate of drug-likeness (QED) is 0.637. The minimum Gasteiger partial charge on any atom is -0.507 e. The first-order chi connectivity index (χ1) is 16.1. The molecule has 3 N–H and O–H groups in total. The summed E-state index contributed by atoms with van der Waals surface area (Å²) in [6.07, 6.45) is -0.0127. The van der Waals surface area contributed by atoms with E-state index in [4.69, 9.17) is 5.73 Å². The van der Waals surface area contributed by atoms with E-state index in [0.29, 0.717) is 11.3 Å². The van der Waals surface area contributed by atoms with Crippen LogP contribution in [0.2, 0.25) is 0 Å². The summed E-state index contributed by atoms with van der Waals surface area (Å²) in [7, 11) is -3.94. The second-order valence-electron chi connectivity index (χ2n) is 8.16. The average molecular weight is 490 g/mol. The van der Waals surface area contributed by atoms with Gasteiger partial charge in [0.15, 0.2) is 0 Å². The number of aromatic hydroxyl groups is 1. The van der Waals surface area contributed by atoms with Crippen molar-refractivity contribution in [2.24, 2.45) is 10.8 Å². The number of phenolic OH excluding ortho intramolecular Hbond substituents is 1. The van der Waals surface area contributed by atoms with Gasteiger partial charge in [0, 0.05) is 32.6 Å². The van der Waals surface area contributed by atoms with Crippen LogP contribution in [0.25, 0.3) is 0 Å². The van der Waals surface area contributed by atoms with Crippen LogP contribution in [0.1, 0.15) is 12.0 Å². The first-order valence-corrected chi connectivity index (χ1v) is 12.0. The number of carbonyl (C=O) groups excluding carboxylic acids is 2. The molecule has 2 aromatic carbocycles. The molecule has 0 saturated carbocycles. The van der Waals surface area contributed by atoms with Gasteiger partial charge in [0.25, 0.3) is 5.91 Å². The number of hydrogen-bond donors (Lipinski definition) is 2. The molecule has 34 heavy (non-hydrogen) atoms. The zero-order valence-corrected chi connectivity index (χ0v) is 19.2. The SMILES string of the molecule is Cc1ccc(O)c(S(=O)(=O)N2CCN(C(=O)C3=NN(c4ccc(F)cc4)C(C(N)=O)C3)CC2)c1. The number of anilines is 1. The number of benzene rings is 2. The molecule has 12 heteroatoms. The maximum atomic E-state index is 13.3. The van der Waals surface area contributed by atoms with E-state index in [1.807, 2.05) is 0 Å². The van der Waals surface area contributed by atoms with Gasteiger partial charge in [0.2, 0.25) is 15.9 Å². The normalized spacial score (nSPS) is 19.2. The number of phenols is 1. The summed E-state index contributed by atoms with van der Waals surface area (Å²) in [6, 6.07) is 8.77. The third-order valence-corrected chi connectivity index (χ3v) is 7.76. The molecule has 0 spiro atoms. The van der Waals surface area contributed by atoms with Crippen molar-refractivity contribution in [2.75, 3.05) is 31.2 Å². The van der Waals surface area contributed by atoms with Crippen LogP contribution < -0.4 is 10.7 Å². The molecule has 2 amide bonds. The molecule has 180 valence electrons. The Hall–Kier alpha value is -3.51. The maximum Gasteiger partial charge on any atom is 0.270 e. The van der Waals surface area contributed by atoms with E-state index < -0.39 is 33.7 Å². The van der Waals surface area contributed by atoms with Crippen LogP contribution in [0.4, 0.5) is 10.1 Å². The van der Waals surface area contributed by atoms with Crippen molar-refractivity contribution in [2.45, 2.75) is 24.3 Å². The third-order valence-electron chi connectivity index (χ3n) is 5.84. The van der Waals surface area contributed by atoms with Gasteiger partial charge in [-0.15, -0.1) is 0 Å². The predicted octanol–water partition coefficient (Wildman–Crippen LogP) is 0.793. The Kier molecular flexibility index (Phi) is 6.28. The number of hydrogen-bond acceptors (Lipinski definition) is 7. The highest BCUT2D eigenvalue weighted by atomic mass is 32.2. The summed E-state index contributed by atoms with van der Waals surface area (Å²) in [5.41, 5.74) is 6.72. The summed E-state index contributed by atoms with van der Waals surface area (Å²) in [4.78, 5) is 26.3. The number of hydrazone groups is 1. The highest BCUT2D eigenvalue weighted by Gasteiger charge is 2.38. The van der Waals surface area contributed by atoms with Crippen molar-refractivity contribution >= 4 is 33.2 Å². The molecule has 10 nitrogen and oxygen atoms in total. The van der Waals surface area contributed by atoms with Gasteiger partial charge in [-0.3, -0.25) is 14.6 Å². The van der Waals surface area contributed by atoms with E-state index in [-0.39, 0.29) is 49.0 Å². The number of piperazine rings is 1. The Labute approximate surface area is 196 Å². The number of carbonyl (C=O) groups is 2. The molecule has 1 unspecified atom stereocenters. The van der Waals surface area contributed by atoms with E-state index in [9.17, 15) is 27.5 Å². The number of nitrogens with two attached hydrogens (primary N) is 1. The standard InChI is InChI=1S/C22H24FN5O5S/c1-14-2-7-19(29)20(12-14)34(32,33)27-10-8-26(9-11-27)22(31)17-13-18(21(24)30)28(25-17)16-5-3-15(23)4-6-16/h2-7,12,18,29H,8-11,13H2,1H3,(H2,24,30). The lowest BCUT2D eigenvalue weighted by molar-refractivity contribution is -0.125. The highest BCUT2D eigenvalue weighted by Crippen LogP contribution is 2.28. The van der Waals surface area contributed by atoms with E-state index in [0.717, 1.165) is 0 Å². The summed E-state index contributed by atoms with van der Waals surface area (Å²) in [5.74, 6) is -1.88. The zero-order chi connectivity index (χ0) is 24.6. The lowest BCUT2D eigenvalue weighted by Crippen LogP contribution is -2.52. The third kappa shape index (κ3) is 4.46. The van der Waals surface area contributed by atoms with Gasteiger partial charge in [-0.2, -0.15) is 9.41 Å². The summed E-state index contributed by atoms with van der Waals surface area (Å²) >= 11 is 0. The fraction of sp³-hybridized carbons (Fsp3) is 0.318. The first-order valence-electron chi connectivity index (χ1n) is 10.6. The van der Waals surface area contributed by atoms with Crippen LogP contribution in [0.3, 0.4) is 0 Å². The van der Waals surface area contributed by atoms with Crippen molar-refractivity contribution in [3.8, 4) is 5.75 Å². The van der Waals surface area contributed by atoms with Crippen molar-refractivity contribution in [3.05, 3.63) is 53.8 Å². The largest absolute Gasteiger partial charge is 0.507 e. The molecule has 2 aromatic rings. The van der Waals surface area contributed by atoms with Gasteiger partial charge in [-0.25, -0.2) is 12.8 Å². The number of sulfonamides is 1. The van der Waals surface area contributed by atoms with Gasteiger partial charge in [0.05, 0.1) is 5.69 Å². The average Bonchev–Trinajstić information content (AvgIpc) is 3.26. The highest BCUT2D eigenvalue weighted by molar-refractivity contribution is 7.89. The summed E-state index contributed by atoms with van der Waals surface area (Å²) in [6.45, 7) is 2.03. The Morgan fingerprint density at radius 1 is 1.09 bits per heavy atom. The Morgan fingerprint density at radius 2 is 1.74 bits per heavy atom. The number of nitrogens with zero attached hydrogens (tertiary/aromatic N) is 4. The molecule has 0 aromatic heterocycles. The van der Waals surface area contributed by atoms with Crippen LogP contribution >= 0.6 is 0 Å². The fourth-order valence-corrected chi connectivity index (χ4v) is 5.56. The van der Waals surface area contributed by atoms with Gasteiger partial charge >= 0.3 is 0 Å². The second kappa shape index (κ2) is 9.03. The minimum atomic E-state index is -3.94. The zero-order valence-electron chi connectivity index (χ0n) is 18.4. The van der Waals surface area contributed by atoms with Crippen LogP contribution in [0.5, 0.6) is 5.75 Å².